The maximum atomic E-state index is 13.8. The van der Waals surface area contributed by atoms with Crippen LogP contribution in [0.2, 0.25) is 0 Å². The maximum Gasteiger partial charge on any atom is 0.306 e. The van der Waals surface area contributed by atoms with E-state index < -0.39 is 33.4 Å². The number of piperazine rings is 3. The van der Waals surface area contributed by atoms with Crippen LogP contribution in [0.4, 0.5) is 17.6 Å². The largest absolute Gasteiger partial charge is 0.459 e. The second-order valence-electron chi connectivity index (χ2n) is 39.6. The van der Waals surface area contributed by atoms with Gasteiger partial charge in [-0.15, -0.1) is 0 Å². The molecule has 0 bridgehead atoms. The molecule has 8 aromatic heterocycles. The first kappa shape index (κ1) is 97.3. The van der Waals surface area contributed by atoms with Crippen LogP contribution in [-0.4, -0.2) is 284 Å². The summed E-state index contributed by atoms with van der Waals surface area (Å²) in [5.74, 6) is -2.61. The molecular formula is C102H115F4N19O14. The molecule has 8 fully saturated rings. The number of amides is 7. The first-order valence-electron chi connectivity index (χ1n) is 47.4. The molecule has 139 heavy (non-hydrogen) atoms. The molecule has 2 spiro atoms. The summed E-state index contributed by atoms with van der Waals surface area (Å²) in [5, 5.41) is 43.2. The van der Waals surface area contributed by atoms with E-state index in [0.29, 0.717) is 175 Å². The highest BCUT2D eigenvalue weighted by Crippen LogP contribution is 2.41. The number of hydrogen-bond donors (Lipinski definition) is 3. The SMILES string of the molecule is CC(C)c1cc(-c2ccc(F)cc2)nn2cc(C(=O)N3CCC4(CCC(=O)O4)CC3)nc12.CC(C)c1cc(-c2ccc(F)cc2)nn2cc(C(=O)N3CCN(C(=O)C4(O)CCOCC4)CC3(C)C)nc12.CC(C)c1cc(-c2ccc(F)cc2)nn2cc(C(=O)N3CCN(C(=O)C4(O)CCOCC4)CC34COC4)nc12.CC(C)c1cc(-c2ccc(F)cc2)nn2cc(C(=O)N3CCNC(=O)C3(C)C)nc12. The Morgan fingerprint density at radius 2 is 0.719 bits per heavy atom. The number of carbonyl (C=O) groups is 8. The third kappa shape index (κ3) is 19.8. The van der Waals surface area contributed by atoms with Crippen LogP contribution in [0, 0.1) is 23.3 Å². The molecule has 20 rings (SSSR count). The van der Waals surface area contributed by atoms with E-state index in [1.54, 1.807) is 135 Å². The van der Waals surface area contributed by atoms with Crippen LogP contribution >= 0.6 is 0 Å². The number of imidazole rings is 4. The number of likely N-dealkylation sites (tertiary alicyclic amines) is 1. The van der Waals surface area contributed by atoms with Crippen molar-refractivity contribution in [3.63, 3.8) is 0 Å². The molecule has 12 aromatic rings. The van der Waals surface area contributed by atoms with Crippen LogP contribution in [0.1, 0.15) is 222 Å². The van der Waals surface area contributed by atoms with Crippen molar-refractivity contribution in [2.45, 2.75) is 192 Å². The van der Waals surface area contributed by atoms with Crippen LogP contribution in [0.3, 0.4) is 0 Å². The number of rotatable bonds is 14. The predicted octanol–water partition coefficient (Wildman–Crippen LogP) is 12.5. The minimum absolute atomic E-state index is 0.108. The fourth-order valence-electron chi connectivity index (χ4n) is 19.3. The van der Waals surface area contributed by atoms with Gasteiger partial charge in [-0.05, 0) is 179 Å². The summed E-state index contributed by atoms with van der Waals surface area (Å²) in [6.45, 7) is 29.4. The summed E-state index contributed by atoms with van der Waals surface area (Å²) < 4.78 is 81.8. The monoisotopic (exact) mass is 1910 g/mol. The van der Waals surface area contributed by atoms with Crippen molar-refractivity contribution < 1.29 is 85.1 Å². The van der Waals surface area contributed by atoms with Gasteiger partial charge in [0.1, 0.15) is 73.9 Å². The second-order valence-corrected chi connectivity index (χ2v) is 39.6. The lowest BCUT2D eigenvalue weighted by Crippen LogP contribution is -2.74. The Labute approximate surface area is 800 Å². The van der Waals surface area contributed by atoms with Crippen molar-refractivity contribution >= 4 is 69.9 Å². The number of ether oxygens (including phenoxy) is 4. The zero-order chi connectivity index (χ0) is 98.7. The van der Waals surface area contributed by atoms with Crippen molar-refractivity contribution in [2.24, 2.45) is 0 Å². The smallest absolute Gasteiger partial charge is 0.306 e. The Morgan fingerprint density at radius 3 is 1.04 bits per heavy atom. The highest BCUT2D eigenvalue weighted by atomic mass is 19.1. The third-order valence-corrected chi connectivity index (χ3v) is 27.7. The molecule has 8 aliphatic rings. The molecular weight excluding hydrogens is 1790 g/mol. The summed E-state index contributed by atoms with van der Waals surface area (Å²) in [5.41, 5.74) is 7.53. The number of esters is 1. The van der Waals surface area contributed by atoms with Gasteiger partial charge < -0.3 is 63.9 Å². The van der Waals surface area contributed by atoms with E-state index in [1.165, 1.54) is 48.5 Å². The van der Waals surface area contributed by atoms with Crippen molar-refractivity contribution in [1.29, 1.82) is 0 Å². The molecule has 4 aromatic carbocycles. The van der Waals surface area contributed by atoms with E-state index in [1.807, 2.05) is 79.7 Å². The second kappa shape index (κ2) is 38.8. The maximum absolute atomic E-state index is 13.8. The van der Waals surface area contributed by atoms with E-state index in [0.717, 1.165) is 50.9 Å². The van der Waals surface area contributed by atoms with Gasteiger partial charge in [-0.2, -0.15) is 20.4 Å². The minimum Gasteiger partial charge on any atom is -0.459 e. The van der Waals surface area contributed by atoms with Crippen LogP contribution in [0.5, 0.6) is 0 Å². The highest BCUT2D eigenvalue weighted by Gasteiger charge is 2.55. The number of aliphatic hydroxyl groups is 2. The number of piperidine rings is 1. The van der Waals surface area contributed by atoms with Crippen molar-refractivity contribution in [3.8, 4) is 45.0 Å². The average Bonchev–Trinajstić information content (AvgIpc) is 1.58. The fourth-order valence-corrected chi connectivity index (χ4v) is 19.3. The summed E-state index contributed by atoms with van der Waals surface area (Å²) in [6, 6.07) is 32.3. The zero-order valence-electron chi connectivity index (χ0n) is 80.0. The molecule has 7 amide bonds. The lowest BCUT2D eigenvalue weighted by atomic mass is 9.88. The molecule has 0 unspecified atom stereocenters. The van der Waals surface area contributed by atoms with Crippen molar-refractivity contribution in [3.05, 3.63) is 214 Å². The van der Waals surface area contributed by atoms with Crippen LogP contribution < -0.4 is 5.32 Å². The topological polar surface area (TPSA) is 366 Å². The minimum atomic E-state index is -1.43. The third-order valence-electron chi connectivity index (χ3n) is 27.7. The van der Waals surface area contributed by atoms with E-state index in [4.69, 9.17) is 23.9 Å². The molecule has 0 atom stereocenters. The molecule has 8 saturated heterocycles. The van der Waals surface area contributed by atoms with Crippen LogP contribution in [-0.2, 0) is 38.1 Å². The quantitative estimate of drug-likeness (QED) is 0.0672. The average molecular weight is 1910 g/mol. The molecule has 8 aliphatic heterocycles. The number of halogens is 4. The number of carbonyl (C=O) groups excluding carboxylic acids is 8. The van der Waals surface area contributed by atoms with E-state index >= 15 is 0 Å². The summed E-state index contributed by atoms with van der Waals surface area (Å²) >= 11 is 0. The van der Waals surface area contributed by atoms with E-state index in [2.05, 4.69) is 54.5 Å². The Bertz CT molecular complexity index is 6690. The van der Waals surface area contributed by atoms with Crippen LogP contribution in [0.15, 0.2) is 146 Å². The first-order chi connectivity index (χ1) is 66.2. The molecule has 37 heteroatoms. The molecule has 33 nitrogen and oxygen atoms in total. The lowest BCUT2D eigenvalue weighted by molar-refractivity contribution is -0.182. The molecule has 16 heterocycles. The standard InChI is InChI=1S/C28H32FN5O5.C28H34FN5O4.C24H25FN4O3.C22H24FN5O2/c1-18(2)21-13-22(19-3-5-20(29)6-4-19)31-34-14-23(30-24(21)34)25(35)33-10-9-32(15-27(33)16-39-17-27)26(36)28(37)7-11-38-12-8-28;1-18(2)21-15-22(19-5-7-20(29)8-6-19)31-34-16-23(30-24(21)34)25(35)33-12-11-32(17-27(33,3)4)26(36)28(37)9-13-38-14-10-28;1-15(2)18-13-19(16-3-5-17(25)6-4-16)27-29-14-20(26-22(18)29)23(31)28-11-9-24(10-12-28)8-7-21(30)32-24;1-13(2)16-11-17(14-5-7-15(23)8-6-14)26-28-12-18(25-19(16)28)20(29)27-10-9-24-21(30)22(27,3)4/h3-6,13-14,18,37H,7-12,15-17H2,1-2H3;5-8,15-16,18,37H,9-14,17H2,1-4H3;3-6,13-15H,7-12H2,1-2H3;5-8,11-13H,9-10H2,1-4H3,(H,24,30). The van der Waals surface area contributed by atoms with Gasteiger partial charge in [0.2, 0.25) is 5.91 Å². The van der Waals surface area contributed by atoms with Gasteiger partial charge in [-0.1, -0.05) is 55.4 Å². The van der Waals surface area contributed by atoms with Gasteiger partial charge in [0.25, 0.3) is 35.4 Å². The Hall–Kier alpha value is -13.4. The van der Waals surface area contributed by atoms with Gasteiger partial charge >= 0.3 is 5.97 Å². The van der Waals surface area contributed by atoms with Gasteiger partial charge in [0, 0.05) is 181 Å². The number of fused-ring (bicyclic) bond motifs is 4. The van der Waals surface area contributed by atoms with Gasteiger partial charge in [-0.25, -0.2) is 55.6 Å². The summed E-state index contributed by atoms with van der Waals surface area (Å²) in [6.07, 6.45) is 10.1. The van der Waals surface area contributed by atoms with E-state index in [-0.39, 0.29) is 137 Å². The molecule has 0 radical (unpaired) electrons. The van der Waals surface area contributed by atoms with Gasteiger partial charge in [0.15, 0.2) is 22.6 Å². The van der Waals surface area contributed by atoms with Gasteiger partial charge in [-0.3, -0.25) is 38.4 Å². The molecule has 730 valence electrons. The van der Waals surface area contributed by atoms with Gasteiger partial charge in [0.05, 0.1) is 66.3 Å². The molecule has 0 aliphatic carbocycles. The molecule has 3 N–H and O–H groups in total. The number of hydrogen-bond acceptors (Lipinski definition) is 22. The highest BCUT2D eigenvalue weighted by molar-refractivity contribution is 6.00. The zero-order valence-corrected chi connectivity index (χ0v) is 80.0. The number of nitrogens with zero attached hydrogens (tertiary/aromatic N) is 18. The fraction of sp³-hybridized carbons (Fsp3) is 0.451. The lowest BCUT2D eigenvalue weighted by Gasteiger charge is -2.55. The Balaban J connectivity index is 0.000000129. The number of nitrogens with one attached hydrogen (secondary N) is 1. The number of benzene rings is 4. The van der Waals surface area contributed by atoms with Crippen molar-refractivity contribution in [2.75, 3.05) is 105 Å². The summed E-state index contributed by atoms with van der Waals surface area (Å²) in [7, 11) is 0. The number of aromatic nitrogens is 12. The Kier molecular flexibility index (Phi) is 27.1. The first-order valence-corrected chi connectivity index (χ1v) is 47.4. The predicted molar refractivity (Wildman–Crippen MR) is 504 cm³/mol. The van der Waals surface area contributed by atoms with Crippen molar-refractivity contribution in [1.82, 2.24) is 93.1 Å². The summed E-state index contributed by atoms with van der Waals surface area (Å²) in [4.78, 5) is 133. The normalized spacial score (nSPS) is 18.6. The molecule has 0 saturated carbocycles. The van der Waals surface area contributed by atoms with E-state index in [9.17, 15) is 66.1 Å². The Morgan fingerprint density at radius 1 is 0.388 bits per heavy atom. The van der Waals surface area contributed by atoms with Crippen LogP contribution in [0.25, 0.3) is 67.6 Å².